The van der Waals surface area contributed by atoms with Crippen molar-refractivity contribution in [1.82, 2.24) is 21.1 Å². The fraction of sp³-hybridized carbons (Fsp3) is 0.600. The minimum absolute atomic E-state index is 0.00413. The molecule has 5 rings (SSSR count). The molecule has 3 heterocycles. The first-order valence-corrected chi connectivity index (χ1v) is 10.2. The molecule has 4 aliphatic rings. The van der Waals surface area contributed by atoms with Gasteiger partial charge in [-0.05, 0) is 30.5 Å². The summed E-state index contributed by atoms with van der Waals surface area (Å²) in [6.45, 7) is 1.12. The van der Waals surface area contributed by atoms with E-state index >= 15 is 0 Å². The maximum Gasteiger partial charge on any atom is 0.231 e. The van der Waals surface area contributed by atoms with Crippen LogP contribution in [-0.2, 0) is 16.1 Å². The fourth-order valence-electron chi connectivity index (χ4n) is 4.89. The third-order valence-electron chi connectivity index (χ3n) is 6.41. The predicted octanol–water partition coefficient (Wildman–Crippen LogP) is 0.873. The minimum Gasteiger partial charge on any atom is -0.454 e. The van der Waals surface area contributed by atoms with Crippen molar-refractivity contribution >= 4 is 11.8 Å². The molecule has 3 aliphatic heterocycles. The van der Waals surface area contributed by atoms with Crippen molar-refractivity contribution in [1.29, 1.82) is 0 Å². The third kappa shape index (κ3) is 3.20. The molecule has 0 aromatic heterocycles. The Labute approximate surface area is 163 Å². The van der Waals surface area contributed by atoms with Gasteiger partial charge in [-0.1, -0.05) is 18.9 Å². The van der Waals surface area contributed by atoms with Gasteiger partial charge in [0.1, 0.15) is 0 Å². The van der Waals surface area contributed by atoms with Crippen LogP contribution in [0.25, 0.3) is 0 Å². The normalized spacial score (nSPS) is 31.1. The summed E-state index contributed by atoms with van der Waals surface area (Å²) in [6, 6.07) is 6.08. The topological polar surface area (TPSA) is 91.9 Å². The zero-order valence-electron chi connectivity index (χ0n) is 15.8. The second-order valence-corrected chi connectivity index (χ2v) is 8.14. The predicted molar refractivity (Wildman–Crippen MR) is 100 cm³/mol. The number of nitrogens with one attached hydrogen (secondary N) is 3. The second kappa shape index (κ2) is 7.25. The number of hydrogen-bond donors (Lipinski definition) is 3. The largest absolute Gasteiger partial charge is 0.454 e. The summed E-state index contributed by atoms with van der Waals surface area (Å²) in [6.07, 6.45) is 5.01. The number of rotatable bonds is 4. The molecular formula is C20H26N4O4. The number of amides is 2. The maximum absolute atomic E-state index is 12.7. The van der Waals surface area contributed by atoms with Crippen molar-refractivity contribution in [3.05, 3.63) is 23.8 Å². The van der Waals surface area contributed by atoms with Crippen LogP contribution in [-0.4, -0.2) is 42.3 Å². The summed E-state index contributed by atoms with van der Waals surface area (Å²) in [5.74, 6) is 1.56. The number of fused-ring (bicyclic) bond motifs is 2. The van der Waals surface area contributed by atoms with E-state index < -0.39 is 0 Å². The molecule has 28 heavy (non-hydrogen) atoms. The van der Waals surface area contributed by atoms with Crippen LogP contribution in [0.15, 0.2) is 18.2 Å². The van der Waals surface area contributed by atoms with Crippen LogP contribution < -0.4 is 25.6 Å². The van der Waals surface area contributed by atoms with Gasteiger partial charge < -0.3 is 19.7 Å². The number of benzene rings is 1. The van der Waals surface area contributed by atoms with Crippen molar-refractivity contribution in [2.24, 2.45) is 11.8 Å². The van der Waals surface area contributed by atoms with E-state index in [-0.39, 0.29) is 37.1 Å². The van der Waals surface area contributed by atoms with Crippen molar-refractivity contribution in [3.8, 4) is 11.5 Å². The molecule has 4 unspecified atom stereocenters. The highest BCUT2D eigenvalue weighted by Crippen LogP contribution is 2.34. The molecule has 1 saturated carbocycles. The Hall–Kier alpha value is -2.32. The van der Waals surface area contributed by atoms with E-state index in [4.69, 9.17) is 9.47 Å². The van der Waals surface area contributed by atoms with Gasteiger partial charge in [0.25, 0.3) is 0 Å². The summed E-state index contributed by atoms with van der Waals surface area (Å²) in [5.41, 5.74) is 7.61. The Morgan fingerprint density at radius 3 is 2.96 bits per heavy atom. The lowest BCUT2D eigenvalue weighted by molar-refractivity contribution is -0.131. The van der Waals surface area contributed by atoms with Crippen LogP contribution in [0.1, 0.15) is 37.7 Å². The number of ether oxygens (including phenoxy) is 2. The van der Waals surface area contributed by atoms with Gasteiger partial charge in [-0.15, -0.1) is 0 Å². The van der Waals surface area contributed by atoms with Gasteiger partial charge in [-0.2, -0.15) is 0 Å². The van der Waals surface area contributed by atoms with Gasteiger partial charge in [0, 0.05) is 31.5 Å². The molecule has 2 amide bonds. The van der Waals surface area contributed by atoms with Gasteiger partial charge in [-0.25, -0.2) is 5.43 Å². The Kier molecular flexibility index (Phi) is 4.60. The van der Waals surface area contributed by atoms with E-state index in [1.807, 2.05) is 23.1 Å². The summed E-state index contributed by atoms with van der Waals surface area (Å²) in [5, 5.41) is 2.97. The summed E-state index contributed by atoms with van der Waals surface area (Å²) < 4.78 is 10.7. The van der Waals surface area contributed by atoms with Crippen LogP contribution >= 0.6 is 0 Å². The van der Waals surface area contributed by atoms with Crippen LogP contribution in [0.3, 0.4) is 0 Å². The van der Waals surface area contributed by atoms with Gasteiger partial charge in [0.15, 0.2) is 11.5 Å². The van der Waals surface area contributed by atoms with Crippen molar-refractivity contribution in [2.45, 2.75) is 50.9 Å². The number of carbonyl (C=O) groups is 2. The van der Waals surface area contributed by atoms with Gasteiger partial charge in [-0.3, -0.25) is 15.0 Å². The van der Waals surface area contributed by atoms with Gasteiger partial charge >= 0.3 is 0 Å². The number of hydrogen-bond acceptors (Lipinski definition) is 6. The highest BCUT2D eigenvalue weighted by Gasteiger charge is 2.46. The molecule has 1 aromatic rings. The highest BCUT2D eigenvalue weighted by molar-refractivity contribution is 5.89. The summed E-state index contributed by atoms with van der Waals surface area (Å²) in [7, 11) is 0. The standard InChI is InChI=1S/C20H26N4O4/c25-18-8-13(10-24(18)19-14-3-1-2-4-15(14)22-23-19)20(26)21-9-12-5-6-16-17(7-12)28-11-27-16/h5-7,13-15,19,22-23H,1-4,8-11H2,(H,21,26). The molecular weight excluding hydrogens is 360 g/mol. The molecule has 150 valence electrons. The SMILES string of the molecule is O=C(NCc1ccc2c(c1)OCO2)C1CC(=O)N(C2NNC3CCCCC32)C1. The Bertz CT molecular complexity index is 785. The number of likely N-dealkylation sites (tertiary alicyclic amines) is 1. The fourth-order valence-corrected chi connectivity index (χ4v) is 4.89. The lowest BCUT2D eigenvalue weighted by atomic mass is 9.84. The number of nitrogens with zero attached hydrogens (tertiary/aromatic N) is 1. The molecule has 1 aliphatic carbocycles. The second-order valence-electron chi connectivity index (χ2n) is 8.14. The van der Waals surface area contributed by atoms with E-state index in [0.717, 1.165) is 24.2 Å². The Morgan fingerprint density at radius 2 is 2.04 bits per heavy atom. The average Bonchev–Trinajstić information content (AvgIpc) is 3.43. The maximum atomic E-state index is 12.7. The molecule has 8 heteroatoms. The van der Waals surface area contributed by atoms with Crippen molar-refractivity contribution < 1.29 is 19.1 Å². The van der Waals surface area contributed by atoms with Crippen LogP contribution in [0.4, 0.5) is 0 Å². The minimum atomic E-state index is -0.300. The van der Waals surface area contributed by atoms with Crippen LogP contribution in [0.5, 0.6) is 11.5 Å². The molecule has 4 atom stereocenters. The first kappa shape index (κ1) is 17.8. The number of carbonyl (C=O) groups excluding carboxylic acids is 2. The summed E-state index contributed by atoms with van der Waals surface area (Å²) >= 11 is 0. The van der Waals surface area contributed by atoms with E-state index in [1.54, 1.807) is 0 Å². The molecule has 3 N–H and O–H groups in total. The Balaban J connectivity index is 1.18. The van der Waals surface area contributed by atoms with E-state index in [1.165, 1.54) is 12.8 Å². The smallest absolute Gasteiger partial charge is 0.231 e. The van der Waals surface area contributed by atoms with Crippen LogP contribution in [0, 0.1) is 11.8 Å². The van der Waals surface area contributed by atoms with E-state index in [2.05, 4.69) is 16.2 Å². The van der Waals surface area contributed by atoms with E-state index in [9.17, 15) is 9.59 Å². The zero-order chi connectivity index (χ0) is 19.1. The molecule has 2 saturated heterocycles. The molecule has 1 aromatic carbocycles. The van der Waals surface area contributed by atoms with Crippen LogP contribution in [0.2, 0.25) is 0 Å². The van der Waals surface area contributed by atoms with E-state index in [0.29, 0.717) is 30.8 Å². The van der Waals surface area contributed by atoms with Gasteiger partial charge in [0.2, 0.25) is 18.6 Å². The molecule has 3 fully saturated rings. The zero-order valence-corrected chi connectivity index (χ0v) is 15.8. The molecule has 0 bridgehead atoms. The summed E-state index contributed by atoms with van der Waals surface area (Å²) in [4.78, 5) is 27.1. The highest BCUT2D eigenvalue weighted by atomic mass is 16.7. The van der Waals surface area contributed by atoms with Gasteiger partial charge in [0.05, 0.1) is 12.1 Å². The Morgan fingerprint density at radius 1 is 1.18 bits per heavy atom. The lowest BCUT2D eigenvalue weighted by Crippen LogP contribution is -2.48. The monoisotopic (exact) mass is 386 g/mol. The lowest BCUT2D eigenvalue weighted by Gasteiger charge is -2.32. The van der Waals surface area contributed by atoms with Crippen molar-refractivity contribution in [3.63, 3.8) is 0 Å². The molecule has 0 spiro atoms. The first-order valence-electron chi connectivity index (χ1n) is 10.2. The quantitative estimate of drug-likeness (QED) is 0.711. The first-order chi connectivity index (χ1) is 13.7. The average molecular weight is 386 g/mol. The third-order valence-corrected chi connectivity index (χ3v) is 6.41. The molecule has 8 nitrogen and oxygen atoms in total. The van der Waals surface area contributed by atoms with Crippen molar-refractivity contribution in [2.75, 3.05) is 13.3 Å². The molecule has 0 radical (unpaired) electrons. The number of hydrazine groups is 1.